The Morgan fingerprint density at radius 2 is 1.11 bits per heavy atom. The SMILES string of the molecule is CCCCCNc1ccc(Sc2ccc(NCCCCC)c(C(=O)OCC)c2)cc1C(=O)OCC. The molecule has 35 heavy (non-hydrogen) atoms. The van der Waals surface area contributed by atoms with Gasteiger partial charge in [0.25, 0.3) is 0 Å². The van der Waals surface area contributed by atoms with Crippen molar-refractivity contribution in [3.05, 3.63) is 47.5 Å². The molecule has 0 aromatic heterocycles. The minimum Gasteiger partial charge on any atom is -0.462 e. The van der Waals surface area contributed by atoms with Crippen molar-refractivity contribution >= 4 is 35.1 Å². The molecule has 2 aromatic rings. The molecule has 0 aliphatic heterocycles. The molecule has 0 radical (unpaired) electrons. The molecule has 0 spiro atoms. The molecule has 6 nitrogen and oxygen atoms in total. The summed E-state index contributed by atoms with van der Waals surface area (Å²) in [6, 6.07) is 11.5. The van der Waals surface area contributed by atoms with E-state index in [4.69, 9.17) is 9.47 Å². The first-order valence-corrected chi connectivity index (χ1v) is 13.6. The normalized spacial score (nSPS) is 10.6. The van der Waals surface area contributed by atoms with Gasteiger partial charge in [-0.05, 0) is 63.1 Å². The Morgan fingerprint density at radius 3 is 1.49 bits per heavy atom. The predicted molar refractivity (Wildman–Crippen MR) is 145 cm³/mol. The first kappa shape index (κ1) is 28.6. The van der Waals surface area contributed by atoms with E-state index in [1.54, 1.807) is 13.8 Å². The van der Waals surface area contributed by atoms with Crippen LogP contribution in [0.3, 0.4) is 0 Å². The van der Waals surface area contributed by atoms with Gasteiger partial charge in [-0.25, -0.2) is 9.59 Å². The molecule has 2 rings (SSSR count). The lowest BCUT2D eigenvalue weighted by molar-refractivity contribution is 0.0517. The van der Waals surface area contributed by atoms with Crippen LogP contribution in [0.5, 0.6) is 0 Å². The number of anilines is 2. The minimum absolute atomic E-state index is 0.321. The Hall–Kier alpha value is -2.67. The van der Waals surface area contributed by atoms with Crippen LogP contribution in [0.25, 0.3) is 0 Å². The number of carbonyl (C=O) groups excluding carboxylic acids is 2. The highest BCUT2D eigenvalue weighted by Crippen LogP contribution is 2.33. The van der Waals surface area contributed by atoms with Crippen LogP contribution in [0.2, 0.25) is 0 Å². The van der Waals surface area contributed by atoms with Crippen molar-refractivity contribution in [1.82, 2.24) is 0 Å². The van der Waals surface area contributed by atoms with Gasteiger partial charge in [0, 0.05) is 34.3 Å². The second-order valence-corrected chi connectivity index (χ2v) is 9.37. The summed E-state index contributed by atoms with van der Waals surface area (Å²) in [4.78, 5) is 27.0. The molecule has 192 valence electrons. The van der Waals surface area contributed by atoms with E-state index in [1.807, 2.05) is 36.4 Å². The predicted octanol–water partition coefficient (Wildman–Crippen LogP) is 7.40. The molecule has 2 N–H and O–H groups in total. The zero-order valence-electron chi connectivity index (χ0n) is 21.6. The van der Waals surface area contributed by atoms with E-state index in [9.17, 15) is 9.59 Å². The van der Waals surface area contributed by atoms with Gasteiger partial charge in [0.15, 0.2) is 0 Å². The smallest absolute Gasteiger partial charge is 0.340 e. The fourth-order valence-corrected chi connectivity index (χ4v) is 4.47. The van der Waals surface area contributed by atoms with Gasteiger partial charge in [-0.15, -0.1) is 0 Å². The van der Waals surface area contributed by atoms with E-state index in [-0.39, 0.29) is 11.9 Å². The van der Waals surface area contributed by atoms with Crippen LogP contribution in [0.15, 0.2) is 46.2 Å². The molecule has 0 saturated heterocycles. The molecule has 2 aromatic carbocycles. The zero-order chi connectivity index (χ0) is 25.5. The van der Waals surface area contributed by atoms with Crippen LogP contribution in [-0.4, -0.2) is 38.2 Å². The maximum atomic E-state index is 12.6. The number of carbonyl (C=O) groups is 2. The Morgan fingerprint density at radius 1 is 0.686 bits per heavy atom. The lowest BCUT2D eigenvalue weighted by Crippen LogP contribution is -2.11. The first-order valence-electron chi connectivity index (χ1n) is 12.8. The van der Waals surface area contributed by atoms with E-state index >= 15 is 0 Å². The van der Waals surface area contributed by atoms with Crippen LogP contribution in [0, 0.1) is 0 Å². The maximum absolute atomic E-state index is 12.6. The lowest BCUT2D eigenvalue weighted by Gasteiger charge is -2.15. The molecule has 0 fully saturated rings. The number of unbranched alkanes of at least 4 members (excludes halogenated alkanes) is 4. The molecule has 0 bridgehead atoms. The number of esters is 2. The summed E-state index contributed by atoms with van der Waals surface area (Å²) in [5.74, 6) is -0.682. The lowest BCUT2D eigenvalue weighted by atomic mass is 10.1. The summed E-state index contributed by atoms with van der Waals surface area (Å²) in [5.41, 5.74) is 2.60. The second-order valence-electron chi connectivity index (χ2n) is 8.23. The Labute approximate surface area is 214 Å². The third-order valence-electron chi connectivity index (χ3n) is 5.40. The Kier molecular flexibility index (Phi) is 13.1. The molecular weight excluding hydrogens is 460 g/mol. The maximum Gasteiger partial charge on any atom is 0.340 e. The van der Waals surface area contributed by atoms with Crippen LogP contribution < -0.4 is 10.6 Å². The van der Waals surface area contributed by atoms with Crippen molar-refractivity contribution in [3.8, 4) is 0 Å². The highest BCUT2D eigenvalue weighted by molar-refractivity contribution is 7.99. The second kappa shape index (κ2) is 16.1. The zero-order valence-corrected chi connectivity index (χ0v) is 22.4. The highest BCUT2D eigenvalue weighted by atomic mass is 32.2. The van der Waals surface area contributed by atoms with Crippen molar-refractivity contribution in [2.45, 2.75) is 76.0 Å². The molecule has 0 saturated carbocycles. The van der Waals surface area contributed by atoms with Crippen molar-refractivity contribution in [1.29, 1.82) is 0 Å². The van der Waals surface area contributed by atoms with Crippen molar-refractivity contribution < 1.29 is 19.1 Å². The van der Waals surface area contributed by atoms with Crippen LogP contribution in [0.4, 0.5) is 11.4 Å². The fourth-order valence-electron chi connectivity index (χ4n) is 3.57. The van der Waals surface area contributed by atoms with E-state index in [1.165, 1.54) is 11.8 Å². The Bertz CT molecular complexity index is 873. The van der Waals surface area contributed by atoms with E-state index in [0.29, 0.717) is 24.3 Å². The van der Waals surface area contributed by atoms with Gasteiger partial charge in [-0.3, -0.25) is 0 Å². The van der Waals surface area contributed by atoms with Gasteiger partial charge in [-0.2, -0.15) is 0 Å². The molecule has 0 aliphatic carbocycles. The summed E-state index contributed by atoms with van der Waals surface area (Å²) in [6.07, 6.45) is 6.66. The molecular formula is C28H40N2O4S. The van der Waals surface area contributed by atoms with E-state index in [2.05, 4.69) is 24.5 Å². The van der Waals surface area contributed by atoms with Gasteiger partial charge in [0.2, 0.25) is 0 Å². The summed E-state index contributed by atoms with van der Waals surface area (Å²) < 4.78 is 10.6. The van der Waals surface area contributed by atoms with Gasteiger partial charge in [0.05, 0.1) is 24.3 Å². The average Bonchev–Trinajstić information content (AvgIpc) is 2.86. The molecule has 0 heterocycles. The molecule has 0 aliphatic rings. The highest BCUT2D eigenvalue weighted by Gasteiger charge is 2.16. The topological polar surface area (TPSA) is 76.7 Å². The summed E-state index contributed by atoms with van der Waals surface area (Å²) in [7, 11) is 0. The number of ether oxygens (including phenoxy) is 2. The van der Waals surface area contributed by atoms with E-state index in [0.717, 1.165) is 72.8 Å². The standard InChI is InChI=1S/C28H40N2O4S/c1-5-9-11-17-29-25-15-13-21(19-23(25)27(31)33-7-3)35-22-14-16-26(30-18-12-10-6-2)24(20-22)28(32)34-8-4/h13-16,19-20,29-30H,5-12,17-18H2,1-4H3. The van der Waals surface area contributed by atoms with Crippen LogP contribution in [0.1, 0.15) is 86.9 Å². The number of hydrogen-bond acceptors (Lipinski definition) is 7. The monoisotopic (exact) mass is 500 g/mol. The van der Waals surface area contributed by atoms with Gasteiger partial charge >= 0.3 is 11.9 Å². The molecule has 0 amide bonds. The minimum atomic E-state index is -0.341. The van der Waals surface area contributed by atoms with E-state index < -0.39 is 0 Å². The van der Waals surface area contributed by atoms with Gasteiger partial charge < -0.3 is 20.1 Å². The Balaban J connectivity index is 2.25. The number of benzene rings is 2. The number of rotatable bonds is 16. The molecule has 0 atom stereocenters. The third-order valence-corrected chi connectivity index (χ3v) is 6.38. The number of hydrogen-bond donors (Lipinski definition) is 2. The average molecular weight is 501 g/mol. The van der Waals surface area contributed by atoms with Crippen molar-refractivity contribution in [2.24, 2.45) is 0 Å². The summed E-state index contributed by atoms with van der Waals surface area (Å²) >= 11 is 1.50. The largest absolute Gasteiger partial charge is 0.462 e. The van der Waals surface area contributed by atoms with Gasteiger partial charge in [-0.1, -0.05) is 51.3 Å². The third kappa shape index (κ3) is 9.48. The fraction of sp³-hybridized carbons (Fsp3) is 0.500. The van der Waals surface area contributed by atoms with Crippen molar-refractivity contribution in [3.63, 3.8) is 0 Å². The van der Waals surface area contributed by atoms with Gasteiger partial charge in [0.1, 0.15) is 0 Å². The quantitative estimate of drug-likeness (QED) is 0.184. The van der Waals surface area contributed by atoms with Crippen molar-refractivity contribution in [2.75, 3.05) is 36.9 Å². The van der Waals surface area contributed by atoms with Crippen LogP contribution >= 0.6 is 11.8 Å². The number of nitrogens with one attached hydrogen (secondary N) is 2. The molecule has 0 unspecified atom stereocenters. The van der Waals surface area contributed by atoms with Crippen LogP contribution in [-0.2, 0) is 9.47 Å². The summed E-state index contributed by atoms with van der Waals surface area (Å²) in [5, 5.41) is 6.75. The summed E-state index contributed by atoms with van der Waals surface area (Å²) in [6.45, 7) is 10.2. The first-order chi connectivity index (χ1) is 17.0. The molecule has 7 heteroatoms.